The number of nitrogen functional groups attached to an aromatic ring is 1. The van der Waals surface area contributed by atoms with Crippen LogP contribution in [-0.4, -0.2) is 25.8 Å². The summed E-state index contributed by atoms with van der Waals surface area (Å²) in [7, 11) is 0. The fourth-order valence-electron chi connectivity index (χ4n) is 3.98. The number of aryl methyl sites for hydroxylation is 1. The van der Waals surface area contributed by atoms with Gasteiger partial charge in [-0.05, 0) is 60.0 Å². The van der Waals surface area contributed by atoms with E-state index in [-0.39, 0.29) is 5.91 Å². The molecule has 0 saturated carbocycles. The summed E-state index contributed by atoms with van der Waals surface area (Å²) in [6, 6.07) is 21.5. The smallest absolute Gasteiger partial charge is 0.254 e. The van der Waals surface area contributed by atoms with Crippen LogP contribution in [0.25, 0.3) is 21.9 Å². The van der Waals surface area contributed by atoms with E-state index < -0.39 is 0 Å². The van der Waals surface area contributed by atoms with Crippen molar-refractivity contribution in [1.82, 2.24) is 19.9 Å². The van der Waals surface area contributed by atoms with Crippen LogP contribution in [0, 0.1) is 6.92 Å². The molecule has 0 aliphatic rings. The Balaban J connectivity index is 1.53. The minimum absolute atomic E-state index is 0.0364. The van der Waals surface area contributed by atoms with Crippen LogP contribution in [-0.2, 0) is 13.1 Å². The Morgan fingerprint density at radius 2 is 1.88 bits per heavy atom. The van der Waals surface area contributed by atoms with Gasteiger partial charge in [-0.15, -0.1) is 0 Å². The van der Waals surface area contributed by atoms with E-state index >= 15 is 0 Å². The number of carbonyl (C=O) groups is 1. The first kappa shape index (κ1) is 19.8. The van der Waals surface area contributed by atoms with Crippen LogP contribution in [0.1, 0.15) is 27.0 Å². The Morgan fingerprint density at radius 3 is 2.72 bits per heavy atom. The molecule has 3 aromatic heterocycles. The molecule has 6 nitrogen and oxygen atoms in total. The van der Waals surface area contributed by atoms with E-state index in [1.165, 1.54) is 0 Å². The van der Waals surface area contributed by atoms with E-state index in [0.29, 0.717) is 24.5 Å². The standard InChI is InChI=1S/C26H23N5O/c1-17-13-21-14-19(7-8-23(21)30-24(17)27)26(32)31(15-18-5-3-2-4-6-18)16-20-9-11-28-25-22(20)10-12-29-25/h2-14H,15-16H2,1H3,(H2,27,30)(H,28,29). The Hall–Kier alpha value is -4.19. The van der Waals surface area contributed by atoms with Crippen molar-refractivity contribution in [3.8, 4) is 0 Å². The second-order valence-corrected chi connectivity index (χ2v) is 7.95. The third-order valence-electron chi connectivity index (χ3n) is 5.71. The Kier molecular flexibility index (Phi) is 5.03. The van der Waals surface area contributed by atoms with Crippen LogP contribution in [0.4, 0.5) is 5.82 Å². The summed E-state index contributed by atoms with van der Waals surface area (Å²) >= 11 is 0. The van der Waals surface area contributed by atoms with Crippen LogP contribution in [0.15, 0.2) is 79.1 Å². The summed E-state index contributed by atoms with van der Waals surface area (Å²) in [5, 5.41) is 1.92. The van der Waals surface area contributed by atoms with Crippen molar-refractivity contribution in [2.75, 3.05) is 5.73 Å². The van der Waals surface area contributed by atoms with Crippen LogP contribution >= 0.6 is 0 Å². The monoisotopic (exact) mass is 421 g/mol. The van der Waals surface area contributed by atoms with Crippen molar-refractivity contribution in [3.05, 3.63) is 101 Å². The maximum atomic E-state index is 13.7. The lowest BCUT2D eigenvalue weighted by molar-refractivity contribution is 0.0731. The highest BCUT2D eigenvalue weighted by molar-refractivity contribution is 5.98. The number of rotatable bonds is 5. The number of aromatic nitrogens is 3. The first-order valence-corrected chi connectivity index (χ1v) is 10.5. The van der Waals surface area contributed by atoms with Crippen LogP contribution in [0.5, 0.6) is 0 Å². The van der Waals surface area contributed by atoms with E-state index in [9.17, 15) is 4.79 Å². The highest BCUT2D eigenvalue weighted by Crippen LogP contribution is 2.23. The average Bonchev–Trinajstić information content (AvgIpc) is 3.29. The van der Waals surface area contributed by atoms with Gasteiger partial charge in [-0.2, -0.15) is 0 Å². The Labute approximate surface area is 185 Å². The number of aromatic amines is 1. The summed E-state index contributed by atoms with van der Waals surface area (Å²) < 4.78 is 0. The number of anilines is 1. The van der Waals surface area contributed by atoms with E-state index in [4.69, 9.17) is 5.73 Å². The van der Waals surface area contributed by atoms with Crippen molar-refractivity contribution >= 4 is 33.7 Å². The lowest BCUT2D eigenvalue weighted by Gasteiger charge is -2.24. The molecule has 0 spiro atoms. The number of pyridine rings is 2. The fourth-order valence-corrected chi connectivity index (χ4v) is 3.98. The first-order valence-electron chi connectivity index (χ1n) is 10.5. The van der Waals surface area contributed by atoms with E-state index in [2.05, 4.69) is 15.0 Å². The zero-order chi connectivity index (χ0) is 22.1. The molecule has 32 heavy (non-hydrogen) atoms. The van der Waals surface area contributed by atoms with E-state index in [0.717, 1.165) is 38.6 Å². The molecule has 0 bridgehead atoms. The third-order valence-corrected chi connectivity index (χ3v) is 5.71. The van der Waals surface area contributed by atoms with Gasteiger partial charge in [0.2, 0.25) is 0 Å². The van der Waals surface area contributed by atoms with Gasteiger partial charge in [0.1, 0.15) is 11.5 Å². The molecule has 5 rings (SSSR count). The van der Waals surface area contributed by atoms with Gasteiger partial charge < -0.3 is 15.6 Å². The lowest BCUT2D eigenvalue weighted by atomic mass is 10.1. The van der Waals surface area contributed by atoms with Gasteiger partial charge in [0.25, 0.3) is 5.91 Å². The van der Waals surface area contributed by atoms with Gasteiger partial charge in [-0.1, -0.05) is 30.3 Å². The summed E-state index contributed by atoms with van der Waals surface area (Å²) in [5.41, 5.74) is 11.2. The third kappa shape index (κ3) is 3.78. The zero-order valence-electron chi connectivity index (χ0n) is 17.7. The molecular weight excluding hydrogens is 398 g/mol. The van der Waals surface area contributed by atoms with Crippen LogP contribution in [0.2, 0.25) is 0 Å². The number of carbonyl (C=O) groups excluding carboxylic acids is 1. The summed E-state index contributed by atoms with van der Waals surface area (Å²) in [6.45, 7) is 2.90. The van der Waals surface area contributed by atoms with Crippen LogP contribution in [0.3, 0.4) is 0 Å². The predicted octanol–water partition coefficient (Wildman–Crippen LogP) is 4.84. The van der Waals surface area contributed by atoms with Crippen molar-refractivity contribution in [2.24, 2.45) is 0 Å². The number of fused-ring (bicyclic) bond motifs is 2. The number of hydrogen-bond donors (Lipinski definition) is 2. The number of benzene rings is 2. The van der Waals surface area contributed by atoms with E-state index in [1.54, 1.807) is 6.20 Å². The molecule has 3 heterocycles. The van der Waals surface area contributed by atoms with Gasteiger partial charge in [0.05, 0.1) is 5.52 Å². The molecule has 1 amide bonds. The van der Waals surface area contributed by atoms with Crippen LogP contribution < -0.4 is 5.73 Å². The van der Waals surface area contributed by atoms with Gasteiger partial charge in [-0.25, -0.2) is 9.97 Å². The zero-order valence-corrected chi connectivity index (χ0v) is 17.7. The van der Waals surface area contributed by atoms with Gasteiger partial charge in [0.15, 0.2) is 0 Å². The van der Waals surface area contributed by atoms with Crippen molar-refractivity contribution in [3.63, 3.8) is 0 Å². The second-order valence-electron chi connectivity index (χ2n) is 7.95. The highest BCUT2D eigenvalue weighted by Gasteiger charge is 2.19. The maximum absolute atomic E-state index is 13.7. The number of nitrogens with zero attached hydrogens (tertiary/aromatic N) is 3. The topological polar surface area (TPSA) is 87.9 Å². The summed E-state index contributed by atoms with van der Waals surface area (Å²) in [5.74, 6) is 0.473. The normalized spacial score (nSPS) is 11.2. The molecule has 0 unspecified atom stereocenters. The highest BCUT2D eigenvalue weighted by atomic mass is 16.2. The lowest BCUT2D eigenvalue weighted by Crippen LogP contribution is -2.30. The second kappa shape index (κ2) is 8.15. The molecule has 0 fully saturated rings. The minimum Gasteiger partial charge on any atom is -0.383 e. The Bertz CT molecular complexity index is 1420. The first-order chi connectivity index (χ1) is 15.6. The fraction of sp³-hybridized carbons (Fsp3) is 0.115. The number of H-pyrrole nitrogens is 1. The molecule has 0 aliphatic heterocycles. The van der Waals surface area contributed by atoms with Gasteiger partial charge in [0, 0.05) is 41.8 Å². The number of nitrogens with two attached hydrogens (primary N) is 1. The molecule has 0 radical (unpaired) electrons. The number of amides is 1. The molecule has 0 saturated heterocycles. The quantitative estimate of drug-likeness (QED) is 0.425. The molecule has 5 aromatic rings. The van der Waals surface area contributed by atoms with Crippen molar-refractivity contribution < 1.29 is 4.79 Å². The SMILES string of the molecule is Cc1cc2cc(C(=O)N(Cc3ccccc3)Cc3ccnc4[nH]ccc34)ccc2nc1N. The minimum atomic E-state index is -0.0364. The molecular formula is C26H23N5O. The maximum Gasteiger partial charge on any atom is 0.254 e. The Morgan fingerprint density at radius 1 is 1.03 bits per heavy atom. The predicted molar refractivity (Wildman–Crippen MR) is 127 cm³/mol. The van der Waals surface area contributed by atoms with Crippen molar-refractivity contribution in [1.29, 1.82) is 0 Å². The largest absolute Gasteiger partial charge is 0.383 e. The molecule has 3 N–H and O–H groups in total. The molecule has 158 valence electrons. The molecule has 6 heteroatoms. The van der Waals surface area contributed by atoms with Gasteiger partial charge >= 0.3 is 0 Å². The van der Waals surface area contributed by atoms with E-state index in [1.807, 2.05) is 84.8 Å². The average molecular weight is 422 g/mol. The summed E-state index contributed by atoms with van der Waals surface area (Å²) in [6.07, 6.45) is 3.64. The van der Waals surface area contributed by atoms with Crippen molar-refractivity contribution in [2.45, 2.75) is 20.0 Å². The molecule has 2 aromatic carbocycles. The molecule has 0 aliphatic carbocycles. The molecule has 0 atom stereocenters. The summed E-state index contributed by atoms with van der Waals surface area (Å²) in [4.78, 5) is 27.5. The van der Waals surface area contributed by atoms with Gasteiger partial charge in [-0.3, -0.25) is 4.79 Å². The number of hydrogen-bond acceptors (Lipinski definition) is 4. The number of nitrogens with one attached hydrogen (secondary N) is 1.